The first kappa shape index (κ1) is 14.1. The normalized spacial score (nSPS) is 20.5. The van der Waals surface area contributed by atoms with Crippen LogP contribution in [-0.2, 0) is 4.79 Å². The molecule has 1 saturated heterocycles. The third-order valence-corrected chi connectivity index (χ3v) is 4.23. The first-order chi connectivity index (χ1) is 10.1. The Bertz CT molecular complexity index is 540. The van der Waals surface area contributed by atoms with E-state index in [-0.39, 0.29) is 24.5 Å². The van der Waals surface area contributed by atoms with Crippen LogP contribution in [0.2, 0.25) is 0 Å². The maximum atomic E-state index is 12.4. The maximum Gasteiger partial charge on any atom is 0.327 e. The molecule has 5 heteroatoms. The van der Waals surface area contributed by atoms with Crippen LogP contribution in [0.15, 0.2) is 30.3 Å². The third kappa shape index (κ3) is 2.78. The van der Waals surface area contributed by atoms with Crippen molar-refractivity contribution in [2.24, 2.45) is 0 Å². The zero-order valence-corrected chi connectivity index (χ0v) is 12.5. The van der Waals surface area contributed by atoms with E-state index in [2.05, 4.69) is 4.90 Å². The molecule has 3 amide bonds. The predicted octanol–water partition coefficient (Wildman–Crippen LogP) is 1.72. The number of amides is 3. The molecular weight excluding hydrogens is 266 g/mol. The molecule has 1 aromatic carbocycles. The van der Waals surface area contributed by atoms with Crippen molar-refractivity contribution in [1.82, 2.24) is 14.7 Å². The van der Waals surface area contributed by atoms with Gasteiger partial charge in [0, 0.05) is 6.04 Å². The van der Waals surface area contributed by atoms with Crippen LogP contribution in [0.5, 0.6) is 0 Å². The van der Waals surface area contributed by atoms with Crippen LogP contribution >= 0.6 is 0 Å². The molecule has 0 unspecified atom stereocenters. The zero-order chi connectivity index (χ0) is 15.0. The highest BCUT2D eigenvalue weighted by molar-refractivity contribution is 6.02. The fourth-order valence-electron chi connectivity index (χ4n) is 2.83. The molecule has 3 rings (SSSR count). The van der Waals surface area contributed by atoms with Crippen molar-refractivity contribution in [3.05, 3.63) is 35.9 Å². The molecule has 2 aliphatic rings. The summed E-state index contributed by atoms with van der Waals surface area (Å²) in [5.41, 5.74) is 1.12. The fourth-order valence-corrected chi connectivity index (χ4v) is 2.83. The lowest BCUT2D eigenvalue weighted by Crippen LogP contribution is -2.40. The van der Waals surface area contributed by atoms with Gasteiger partial charge in [0.1, 0.15) is 6.54 Å². The van der Waals surface area contributed by atoms with Gasteiger partial charge in [-0.1, -0.05) is 30.3 Å². The molecule has 0 N–H and O–H groups in total. The molecule has 0 aromatic heterocycles. The van der Waals surface area contributed by atoms with Gasteiger partial charge in [-0.3, -0.25) is 9.69 Å². The fraction of sp³-hybridized carbons (Fsp3) is 0.500. The molecule has 0 bridgehead atoms. The molecule has 1 saturated carbocycles. The van der Waals surface area contributed by atoms with E-state index >= 15 is 0 Å². The van der Waals surface area contributed by atoms with E-state index in [0.29, 0.717) is 12.6 Å². The number of hydrogen-bond donors (Lipinski definition) is 0. The lowest BCUT2D eigenvalue weighted by molar-refractivity contribution is -0.125. The summed E-state index contributed by atoms with van der Waals surface area (Å²) in [5.74, 6) is -0.0744. The number of hydrogen-bond acceptors (Lipinski definition) is 3. The second-order valence-electron chi connectivity index (χ2n) is 6.04. The molecule has 1 aromatic rings. The summed E-state index contributed by atoms with van der Waals surface area (Å²) in [6, 6.07) is 10.2. The summed E-state index contributed by atoms with van der Waals surface area (Å²) in [6.07, 6.45) is 2.06. The Morgan fingerprint density at radius 1 is 1.19 bits per heavy atom. The van der Waals surface area contributed by atoms with Gasteiger partial charge in [0.2, 0.25) is 5.91 Å². The second kappa shape index (κ2) is 5.48. The average Bonchev–Trinajstić information content (AvgIpc) is 3.26. The molecule has 2 fully saturated rings. The van der Waals surface area contributed by atoms with Crippen LogP contribution in [0.4, 0.5) is 4.79 Å². The topological polar surface area (TPSA) is 43.9 Å². The number of urea groups is 1. The lowest BCUT2D eigenvalue weighted by Gasteiger charge is -2.28. The van der Waals surface area contributed by atoms with E-state index in [1.54, 1.807) is 4.90 Å². The van der Waals surface area contributed by atoms with E-state index in [1.165, 1.54) is 4.90 Å². The lowest BCUT2D eigenvalue weighted by atomic mass is 10.1. The minimum Gasteiger partial charge on any atom is -0.312 e. The molecular formula is C16H21N3O2. The second-order valence-corrected chi connectivity index (χ2v) is 6.04. The van der Waals surface area contributed by atoms with Crippen molar-refractivity contribution in [3.63, 3.8) is 0 Å². The van der Waals surface area contributed by atoms with Gasteiger partial charge in [0.05, 0.1) is 12.6 Å². The Morgan fingerprint density at radius 2 is 1.86 bits per heavy atom. The Morgan fingerprint density at radius 3 is 2.43 bits per heavy atom. The van der Waals surface area contributed by atoms with E-state index in [9.17, 15) is 9.59 Å². The summed E-state index contributed by atoms with van der Waals surface area (Å²) >= 11 is 0. The SMILES string of the molecule is CN(C)[C@H](CN1C(=O)CN(C2CC2)C1=O)c1ccccc1. The Kier molecular flexibility index (Phi) is 3.68. The average molecular weight is 287 g/mol. The minimum atomic E-state index is -0.120. The first-order valence-electron chi connectivity index (χ1n) is 7.40. The highest BCUT2D eigenvalue weighted by Gasteiger charge is 2.44. The van der Waals surface area contributed by atoms with E-state index in [0.717, 1.165) is 18.4 Å². The van der Waals surface area contributed by atoms with Crippen LogP contribution < -0.4 is 0 Å². The quantitative estimate of drug-likeness (QED) is 0.775. The van der Waals surface area contributed by atoms with Gasteiger partial charge in [-0.05, 0) is 32.5 Å². The summed E-state index contributed by atoms with van der Waals surface area (Å²) in [4.78, 5) is 29.7. The number of carbonyl (C=O) groups is 2. The molecule has 1 aliphatic heterocycles. The van der Waals surface area contributed by atoms with E-state index in [1.807, 2.05) is 44.4 Å². The van der Waals surface area contributed by atoms with Gasteiger partial charge in [0.15, 0.2) is 0 Å². The van der Waals surface area contributed by atoms with Crippen LogP contribution in [-0.4, -0.2) is 59.9 Å². The molecule has 0 radical (unpaired) electrons. The van der Waals surface area contributed by atoms with Crippen molar-refractivity contribution in [3.8, 4) is 0 Å². The van der Waals surface area contributed by atoms with Crippen molar-refractivity contribution in [2.75, 3.05) is 27.2 Å². The number of benzene rings is 1. The molecule has 112 valence electrons. The summed E-state index contributed by atoms with van der Waals surface area (Å²) in [6.45, 7) is 0.663. The van der Waals surface area contributed by atoms with Crippen LogP contribution in [0.1, 0.15) is 24.4 Å². The minimum absolute atomic E-state index is 0.0262. The smallest absolute Gasteiger partial charge is 0.312 e. The Balaban J connectivity index is 1.77. The number of imide groups is 1. The van der Waals surface area contributed by atoms with Gasteiger partial charge in [-0.25, -0.2) is 4.79 Å². The van der Waals surface area contributed by atoms with Crippen molar-refractivity contribution < 1.29 is 9.59 Å². The standard InChI is InChI=1S/C16H21N3O2/c1-17(2)14(12-6-4-3-5-7-12)10-19-15(20)11-18(16(19)21)13-8-9-13/h3-7,13-14H,8-11H2,1-2H3/t14-/m1/s1. The molecule has 5 nitrogen and oxygen atoms in total. The van der Waals surface area contributed by atoms with Crippen molar-refractivity contribution >= 4 is 11.9 Å². The van der Waals surface area contributed by atoms with Crippen LogP contribution in [0, 0.1) is 0 Å². The first-order valence-corrected chi connectivity index (χ1v) is 7.40. The van der Waals surface area contributed by atoms with Crippen molar-refractivity contribution in [1.29, 1.82) is 0 Å². The van der Waals surface area contributed by atoms with Crippen LogP contribution in [0.25, 0.3) is 0 Å². The number of likely N-dealkylation sites (N-methyl/N-ethyl adjacent to an activating group) is 1. The number of nitrogens with zero attached hydrogens (tertiary/aromatic N) is 3. The van der Waals surface area contributed by atoms with Gasteiger partial charge in [-0.15, -0.1) is 0 Å². The maximum absolute atomic E-state index is 12.4. The molecule has 1 atom stereocenters. The molecule has 1 heterocycles. The monoisotopic (exact) mass is 287 g/mol. The van der Waals surface area contributed by atoms with Crippen LogP contribution in [0.3, 0.4) is 0 Å². The largest absolute Gasteiger partial charge is 0.327 e. The van der Waals surface area contributed by atoms with Gasteiger partial charge in [-0.2, -0.15) is 0 Å². The molecule has 0 spiro atoms. The summed E-state index contributed by atoms with van der Waals surface area (Å²) in [5, 5.41) is 0. The molecule has 21 heavy (non-hydrogen) atoms. The van der Waals surface area contributed by atoms with E-state index in [4.69, 9.17) is 0 Å². The summed E-state index contributed by atoms with van der Waals surface area (Å²) < 4.78 is 0. The molecule has 1 aliphatic carbocycles. The highest BCUT2D eigenvalue weighted by Crippen LogP contribution is 2.31. The van der Waals surface area contributed by atoms with Gasteiger partial charge in [0.25, 0.3) is 0 Å². The third-order valence-electron chi connectivity index (χ3n) is 4.23. The van der Waals surface area contributed by atoms with E-state index < -0.39 is 0 Å². The summed E-state index contributed by atoms with van der Waals surface area (Å²) in [7, 11) is 3.95. The zero-order valence-electron chi connectivity index (χ0n) is 12.5. The Labute approximate surface area is 125 Å². The highest BCUT2D eigenvalue weighted by atomic mass is 16.2. The Hall–Kier alpha value is -1.88. The van der Waals surface area contributed by atoms with Gasteiger partial charge >= 0.3 is 6.03 Å². The predicted molar refractivity (Wildman–Crippen MR) is 79.7 cm³/mol. The number of carbonyl (C=O) groups excluding carboxylic acids is 2. The van der Waals surface area contributed by atoms with Gasteiger partial charge < -0.3 is 9.80 Å². The number of rotatable bonds is 5. The van der Waals surface area contributed by atoms with Crippen molar-refractivity contribution in [2.45, 2.75) is 24.9 Å².